The van der Waals surface area contributed by atoms with E-state index in [4.69, 9.17) is 15.8 Å². The smallest absolute Gasteiger partial charge is 0.273 e. The molecule has 0 bridgehead atoms. The Labute approximate surface area is 313 Å². The third kappa shape index (κ3) is 7.50. The number of piperidine rings is 1. The summed E-state index contributed by atoms with van der Waals surface area (Å²) >= 11 is 0. The number of hydrogen-bond donors (Lipinski definition) is 4. The minimum absolute atomic E-state index is 0.0296. The van der Waals surface area contributed by atoms with Crippen molar-refractivity contribution in [2.45, 2.75) is 44.8 Å². The number of benzene rings is 1. The Hall–Kier alpha value is -6.16. The number of nitrogens with zero attached hydrogens (tertiary/aromatic N) is 9. The summed E-state index contributed by atoms with van der Waals surface area (Å²) < 4.78 is 2.19. The van der Waals surface area contributed by atoms with Crippen LogP contribution in [0.5, 0.6) is 0 Å². The van der Waals surface area contributed by atoms with Gasteiger partial charge in [-0.1, -0.05) is 18.2 Å². The van der Waals surface area contributed by atoms with Crippen LogP contribution in [0, 0.1) is 0 Å². The van der Waals surface area contributed by atoms with Gasteiger partial charge in [0.1, 0.15) is 5.69 Å². The van der Waals surface area contributed by atoms with Gasteiger partial charge in [0.15, 0.2) is 11.5 Å². The third-order valence-corrected chi connectivity index (χ3v) is 10.1. The molecule has 5 N–H and O–H groups in total. The molecule has 2 fully saturated rings. The number of fused-ring (bicyclic) bond motifs is 3. The largest absolute Gasteiger partial charge is 0.394 e. The van der Waals surface area contributed by atoms with E-state index in [1.54, 1.807) is 13.1 Å². The maximum atomic E-state index is 12.9. The van der Waals surface area contributed by atoms with E-state index in [1.165, 1.54) is 19.3 Å². The second-order valence-corrected chi connectivity index (χ2v) is 13.7. The average molecular weight is 732 g/mol. The normalized spacial score (nSPS) is 16.3. The molecule has 0 saturated carbocycles. The number of carbonyl (C=O) groups excluding carboxylic acids is 3. The van der Waals surface area contributed by atoms with Gasteiger partial charge in [0.2, 0.25) is 0 Å². The molecule has 3 aliphatic heterocycles. The van der Waals surface area contributed by atoms with Crippen molar-refractivity contribution in [1.82, 2.24) is 40.1 Å². The molecular formula is C38H45N13O3. The maximum Gasteiger partial charge on any atom is 0.273 e. The molecule has 0 unspecified atom stereocenters. The van der Waals surface area contributed by atoms with E-state index in [0.717, 1.165) is 85.8 Å². The van der Waals surface area contributed by atoms with Crippen LogP contribution in [0.2, 0.25) is 0 Å². The zero-order chi connectivity index (χ0) is 37.8. The van der Waals surface area contributed by atoms with E-state index in [9.17, 15) is 14.4 Å². The predicted molar refractivity (Wildman–Crippen MR) is 207 cm³/mol. The number of nitrogens with two attached hydrogens (primary N) is 1. The molecule has 0 aliphatic carbocycles. The lowest BCUT2D eigenvalue weighted by molar-refractivity contribution is -0.112. The molecular weight excluding hydrogens is 687 g/mol. The molecule has 0 spiro atoms. The quantitative estimate of drug-likeness (QED) is 0.138. The van der Waals surface area contributed by atoms with Crippen LogP contribution in [0.4, 0.5) is 22.9 Å². The van der Waals surface area contributed by atoms with Gasteiger partial charge in [-0.25, -0.2) is 4.98 Å². The van der Waals surface area contributed by atoms with Crippen molar-refractivity contribution in [3.63, 3.8) is 0 Å². The fourth-order valence-corrected chi connectivity index (χ4v) is 7.38. The second kappa shape index (κ2) is 15.8. The fraction of sp³-hybridized carbons (Fsp3) is 0.368. The number of hydrogen-bond acceptors (Lipinski definition) is 12. The Morgan fingerprint density at radius 1 is 1.00 bits per heavy atom. The Kier molecular flexibility index (Phi) is 10.6. The van der Waals surface area contributed by atoms with Crippen molar-refractivity contribution in [1.29, 1.82) is 0 Å². The zero-order valence-electron chi connectivity index (χ0n) is 30.7. The van der Waals surface area contributed by atoms with Crippen LogP contribution >= 0.6 is 0 Å². The van der Waals surface area contributed by atoms with Crippen molar-refractivity contribution >= 4 is 46.8 Å². The van der Waals surface area contributed by atoms with Crippen LogP contribution in [0.3, 0.4) is 0 Å². The van der Waals surface area contributed by atoms with E-state index in [-0.39, 0.29) is 29.2 Å². The first-order valence-corrected chi connectivity index (χ1v) is 18.2. The minimum atomic E-state index is -0.581. The number of allylic oxidation sites excluding steroid dienone is 1. The molecule has 0 radical (unpaired) electrons. The molecule has 2 saturated heterocycles. The number of likely N-dealkylation sites (tertiary alicyclic amines) is 2. The van der Waals surface area contributed by atoms with E-state index in [1.807, 2.05) is 48.5 Å². The van der Waals surface area contributed by atoms with Gasteiger partial charge in [-0.2, -0.15) is 5.10 Å². The Balaban J connectivity index is 1.07. The highest BCUT2D eigenvalue weighted by Crippen LogP contribution is 2.45. The Bertz CT molecular complexity index is 2110. The van der Waals surface area contributed by atoms with Gasteiger partial charge < -0.3 is 31.5 Å². The first-order valence-electron chi connectivity index (χ1n) is 18.2. The molecule has 3 amide bonds. The van der Waals surface area contributed by atoms with Gasteiger partial charge in [-0.15, -0.1) is 10.2 Å². The average Bonchev–Trinajstić information content (AvgIpc) is 3.88. The first-order chi connectivity index (χ1) is 26.2. The summed E-state index contributed by atoms with van der Waals surface area (Å²) in [4.78, 5) is 53.4. The van der Waals surface area contributed by atoms with Crippen molar-refractivity contribution < 1.29 is 14.4 Å². The topological polar surface area (TPSA) is 192 Å². The van der Waals surface area contributed by atoms with Gasteiger partial charge in [-0.3, -0.25) is 29.0 Å². The number of carbonyl (C=O) groups is 3. The molecule has 0 atom stereocenters. The number of para-hydroxylation sites is 1. The monoisotopic (exact) mass is 731 g/mol. The van der Waals surface area contributed by atoms with Gasteiger partial charge >= 0.3 is 0 Å². The number of amides is 3. The van der Waals surface area contributed by atoms with Crippen LogP contribution in [0.15, 0.2) is 65.4 Å². The summed E-state index contributed by atoms with van der Waals surface area (Å²) in [7, 11) is 5.12. The zero-order valence-corrected chi connectivity index (χ0v) is 30.7. The molecule has 7 rings (SSSR count). The predicted octanol–water partition coefficient (Wildman–Crippen LogP) is 3.34. The van der Waals surface area contributed by atoms with Crippen LogP contribution < -0.4 is 26.6 Å². The lowest BCUT2D eigenvalue weighted by atomic mass is 9.97. The highest BCUT2D eigenvalue weighted by molar-refractivity contribution is 6.06. The highest BCUT2D eigenvalue weighted by atomic mass is 16.2. The van der Waals surface area contributed by atoms with Crippen molar-refractivity contribution in [3.05, 3.63) is 83.2 Å². The summed E-state index contributed by atoms with van der Waals surface area (Å²) in [5.41, 5.74) is 12.6. The number of pyridine rings is 1. The second-order valence-electron chi connectivity index (χ2n) is 13.7. The SMILES string of the molecule is CN=C/C=C(\N)C(=O)Nc1cc(Nc2cccc3c2N(C)Cc2c-3cnn2C2CCN(Cc3cccc(C(=O)N4CCCC4)n3)CC2)c(C(=O)NC)nn1. The van der Waals surface area contributed by atoms with E-state index < -0.39 is 11.8 Å². The number of rotatable bonds is 10. The third-order valence-electron chi connectivity index (χ3n) is 10.1. The molecule has 54 heavy (non-hydrogen) atoms. The van der Waals surface area contributed by atoms with Crippen molar-refractivity contribution in [2.24, 2.45) is 10.7 Å². The fourth-order valence-electron chi connectivity index (χ4n) is 7.38. The van der Waals surface area contributed by atoms with Gasteiger partial charge in [0.25, 0.3) is 17.7 Å². The van der Waals surface area contributed by atoms with Crippen LogP contribution in [0.1, 0.15) is 64.1 Å². The van der Waals surface area contributed by atoms with Crippen LogP contribution in [-0.2, 0) is 17.9 Å². The standard InChI is InChI=1S/C38H45N13O3/c1-40-15-12-28(39)36(52)45-33-20-31(34(47-46-33)37(53)41-2)44-29-10-7-9-26-27-21-42-51(32(27)23-48(3)35(26)29)25-13-18-49(19-14-25)22-24-8-6-11-30(43-24)38(54)50-16-4-5-17-50/h6-12,15,20-21,25H,4-5,13-14,16-19,22-23,39H2,1-3H3,(H,41,53)(H2,44,45,46,52)/b28-12-,40-15?. The summed E-state index contributed by atoms with van der Waals surface area (Å²) in [6.07, 6.45) is 8.75. The maximum absolute atomic E-state index is 12.9. The molecule has 280 valence electrons. The molecule has 3 aliphatic rings. The summed E-state index contributed by atoms with van der Waals surface area (Å²) in [6.45, 7) is 4.76. The van der Waals surface area contributed by atoms with Crippen molar-refractivity contribution in [3.8, 4) is 11.1 Å². The summed E-state index contributed by atoms with van der Waals surface area (Å²) in [6, 6.07) is 13.5. The summed E-state index contributed by atoms with van der Waals surface area (Å²) in [5, 5.41) is 21.7. The summed E-state index contributed by atoms with van der Waals surface area (Å²) in [5.74, 6) is -0.874. The lowest BCUT2D eigenvalue weighted by Crippen LogP contribution is -2.36. The number of aliphatic imine (C=N–C) groups is 1. The molecule has 16 heteroatoms. The Morgan fingerprint density at radius 2 is 1.78 bits per heavy atom. The van der Waals surface area contributed by atoms with E-state index >= 15 is 0 Å². The molecule has 4 aromatic rings. The first kappa shape index (κ1) is 36.2. The van der Waals surface area contributed by atoms with E-state index in [0.29, 0.717) is 24.5 Å². The number of aromatic nitrogens is 5. The molecule has 1 aromatic carbocycles. The van der Waals surface area contributed by atoms with Gasteiger partial charge in [-0.05, 0) is 50.0 Å². The number of anilines is 4. The molecule has 3 aromatic heterocycles. The van der Waals surface area contributed by atoms with E-state index in [2.05, 4.69) is 51.7 Å². The molecule has 16 nitrogen and oxygen atoms in total. The van der Waals surface area contributed by atoms with Crippen molar-refractivity contribution in [2.75, 3.05) is 62.9 Å². The Morgan fingerprint density at radius 3 is 2.54 bits per heavy atom. The van der Waals surface area contributed by atoms with Gasteiger partial charge in [0.05, 0.1) is 52.9 Å². The molecule has 6 heterocycles. The van der Waals surface area contributed by atoms with Crippen LogP contribution in [0.25, 0.3) is 11.1 Å². The minimum Gasteiger partial charge on any atom is -0.394 e. The number of nitrogens with one attached hydrogen (secondary N) is 3. The van der Waals surface area contributed by atoms with Gasteiger partial charge in [0, 0.05) is 77.3 Å². The lowest BCUT2D eigenvalue weighted by Gasteiger charge is -2.35. The van der Waals surface area contributed by atoms with Crippen LogP contribution in [-0.4, -0.2) is 106 Å². The highest BCUT2D eigenvalue weighted by Gasteiger charge is 2.31.